The van der Waals surface area contributed by atoms with Crippen LogP contribution in [0, 0.1) is 5.82 Å². The molecular weight excluding hydrogens is 343 g/mol. The Balaban J connectivity index is 1.19. The number of hydrogen-bond acceptors (Lipinski definition) is 4. The van der Waals surface area contributed by atoms with E-state index in [9.17, 15) is 9.50 Å². The lowest BCUT2D eigenvalue weighted by molar-refractivity contribution is 0.0211. The van der Waals surface area contributed by atoms with Crippen LogP contribution in [0.25, 0.3) is 0 Å². The van der Waals surface area contributed by atoms with Gasteiger partial charge in [-0.15, -0.1) is 0 Å². The Morgan fingerprint density at radius 2 is 1.85 bits per heavy atom. The SMILES string of the molecule is OC1Nc2ccc(C3CCC(NCCCc4ccc(F)cc4)CC3)cc2O1. The molecule has 27 heavy (non-hydrogen) atoms. The predicted molar refractivity (Wildman–Crippen MR) is 104 cm³/mol. The van der Waals surface area contributed by atoms with Crippen molar-refractivity contribution in [2.45, 2.75) is 56.9 Å². The first-order valence-corrected chi connectivity index (χ1v) is 9.90. The molecule has 0 bridgehead atoms. The van der Waals surface area contributed by atoms with Gasteiger partial charge in [-0.2, -0.15) is 0 Å². The number of rotatable bonds is 6. The van der Waals surface area contributed by atoms with Gasteiger partial charge in [-0.3, -0.25) is 0 Å². The lowest BCUT2D eigenvalue weighted by Crippen LogP contribution is -2.33. The van der Waals surface area contributed by atoms with Gasteiger partial charge < -0.3 is 20.5 Å². The number of nitrogens with one attached hydrogen (secondary N) is 2. The van der Waals surface area contributed by atoms with E-state index in [1.807, 2.05) is 18.2 Å². The zero-order chi connectivity index (χ0) is 18.6. The molecule has 1 aliphatic heterocycles. The summed E-state index contributed by atoms with van der Waals surface area (Å²) in [4.78, 5) is 0. The minimum absolute atomic E-state index is 0.170. The molecule has 0 spiro atoms. The third-order valence-electron chi connectivity index (χ3n) is 5.71. The van der Waals surface area contributed by atoms with E-state index in [2.05, 4.69) is 22.8 Å². The average Bonchev–Trinajstić information content (AvgIpc) is 3.06. The van der Waals surface area contributed by atoms with Crippen LogP contribution in [0.2, 0.25) is 0 Å². The topological polar surface area (TPSA) is 53.5 Å². The number of hydrogen-bond donors (Lipinski definition) is 3. The summed E-state index contributed by atoms with van der Waals surface area (Å²) in [6.45, 7) is 1.00. The Kier molecular flexibility index (Phi) is 5.60. The van der Waals surface area contributed by atoms with Gasteiger partial charge in [-0.05, 0) is 86.4 Å². The molecule has 144 valence electrons. The number of aliphatic hydroxyl groups is 1. The van der Waals surface area contributed by atoms with E-state index in [-0.39, 0.29) is 5.82 Å². The van der Waals surface area contributed by atoms with E-state index in [1.165, 1.54) is 48.9 Å². The molecule has 0 radical (unpaired) electrons. The zero-order valence-electron chi connectivity index (χ0n) is 15.5. The number of aryl methyl sites for hydroxylation is 1. The van der Waals surface area contributed by atoms with Gasteiger partial charge >= 0.3 is 0 Å². The van der Waals surface area contributed by atoms with Gasteiger partial charge in [0, 0.05) is 6.04 Å². The lowest BCUT2D eigenvalue weighted by atomic mass is 9.81. The molecule has 2 aromatic rings. The molecule has 5 heteroatoms. The average molecular weight is 370 g/mol. The number of aliphatic hydroxyl groups excluding tert-OH is 1. The number of fused-ring (bicyclic) bond motifs is 1. The fourth-order valence-corrected chi connectivity index (χ4v) is 4.17. The molecule has 1 atom stereocenters. The van der Waals surface area contributed by atoms with Crippen LogP contribution in [0.3, 0.4) is 0 Å². The van der Waals surface area contributed by atoms with Crippen molar-refractivity contribution in [3.05, 3.63) is 59.4 Å². The number of anilines is 1. The van der Waals surface area contributed by atoms with E-state index in [0.29, 0.717) is 12.0 Å². The zero-order valence-corrected chi connectivity index (χ0v) is 15.5. The van der Waals surface area contributed by atoms with Crippen LogP contribution in [-0.4, -0.2) is 24.1 Å². The van der Waals surface area contributed by atoms with E-state index in [0.717, 1.165) is 30.8 Å². The molecule has 1 saturated carbocycles. The van der Waals surface area contributed by atoms with Gasteiger partial charge in [0.1, 0.15) is 11.6 Å². The Morgan fingerprint density at radius 1 is 1.07 bits per heavy atom. The van der Waals surface area contributed by atoms with Gasteiger partial charge in [0.25, 0.3) is 6.41 Å². The second-order valence-corrected chi connectivity index (χ2v) is 7.60. The second-order valence-electron chi connectivity index (χ2n) is 7.60. The van der Waals surface area contributed by atoms with Crippen molar-refractivity contribution in [2.24, 2.45) is 0 Å². The summed E-state index contributed by atoms with van der Waals surface area (Å²) in [5.41, 5.74) is 3.36. The molecular formula is C22H27FN2O2. The number of benzene rings is 2. The smallest absolute Gasteiger partial charge is 0.279 e. The molecule has 4 nitrogen and oxygen atoms in total. The molecule has 1 heterocycles. The molecule has 3 N–H and O–H groups in total. The van der Waals surface area contributed by atoms with Gasteiger partial charge in [0.05, 0.1) is 5.69 Å². The monoisotopic (exact) mass is 370 g/mol. The van der Waals surface area contributed by atoms with Crippen LogP contribution in [-0.2, 0) is 6.42 Å². The molecule has 0 aromatic heterocycles. The first-order valence-electron chi connectivity index (χ1n) is 9.90. The maximum Gasteiger partial charge on any atom is 0.279 e. The molecule has 1 aliphatic carbocycles. The maximum absolute atomic E-state index is 12.9. The van der Waals surface area contributed by atoms with Crippen LogP contribution in [0.5, 0.6) is 5.75 Å². The van der Waals surface area contributed by atoms with Crippen LogP contribution in [0.15, 0.2) is 42.5 Å². The number of ether oxygens (including phenoxy) is 1. The van der Waals surface area contributed by atoms with Crippen molar-refractivity contribution in [1.82, 2.24) is 5.32 Å². The second kappa shape index (κ2) is 8.28. The highest BCUT2D eigenvalue weighted by molar-refractivity contribution is 5.61. The lowest BCUT2D eigenvalue weighted by Gasteiger charge is -2.29. The normalized spacial score (nSPS) is 24.1. The van der Waals surface area contributed by atoms with E-state index in [4.69, 9.17) is 4.74 Å². The van der Waals surface area contributed by atoms with Crippen molar-refractivity contribution in [3.63, 3.8) is 0 Å². The third kappa shape index (κ3) is 4.60. The Hall–Kier alpha value is -2.11. The van der Waals surface area contributed by atoms with Crippen molar-refractivity contribution >= 4 is 5.69 Å². The third-order valence-corrected chi connectivity index (χ3v) is 5.71. The Bertz CT molecular complexity index is 757. The van der Waals surface area contributed by atoms with Crippen molar-refractivity contribution in [1.29, 1.82) is 0 Å². The molecule has 1 unspecified atom stereocenters. The standard InChI is InChI=1S/C22H27FN2O2/c23-18-8-3-15(4-9-18)2-1-13-24-19-10-5-16(6-11-19)17-7-12-20-21(14-17)27-22(26)25-20/h3-4,7-9,12,14,16,19,22,24-26H,1-2,5-6,10-11,13H2. The Labute approximate surface area is 159 Å². The highest BCUT2D eigenvalue weighted by atomic mass is 19.1. The fraction of sp³-hybridized carbons (Fsp3) is 0.455. The van der Waals surface area contributed by atoms with E-state index >= 15 is 0 Å². The van der Waals surface area contributed by atoms with Crippen LogP contribution >= 0.6 is 0 Å². The van der Waals surface area contributed by atoms with Crippen molar-refractivity contribution in [3.8, 4) is 5.75 Å². The van der Waals surface area contributed by atoms with E-state index in [1.54, 1.807) is 0 Å². The first-order chi connectivity index (χ1) is 13.2. The summed E-state index contributed by atoms with van der Waals surface area (Å²) in [5.74, 6) is 1.14. The highest BCUT2D eigenvalue weighted by Crippen LogP contribution is 2.38. The van der Waals surface area contributed by atoms with Gasteiger partial charge in [0.2, 0.25) is 0 Å². The minimum atomic E-state index is -0.926. The van der Waals surface area contributed by atoms with Gasteiger partial charge in [-0.1, -0.05) is 18.2 Å². The first kappa shape index (κ1) is 18.3. The van der Waals surface area contributed by atoms with E-state index < -0.39 is 6.41 Å². The van der Waals surface area contributed by atoms with Crippen LogP contribution in [0.4, 0.5) is 10.1 Å². The molecule has 0 amide bonds. The summed E-state index contributed by atoms with van der Waals surface area (Å²) in [6, 6.07) is 13.6. The van der Waals surface area contributed by atoms with Crippen molar-refractivity contribution in [2.75, 3.05) is 11.9 Å². The maximum atomic E-state index is 12.9. The fourth-order valence-electron chi connectivity index (χ4n) is 4.17. The summed E-state index contributed by atoms with van der Waals surface area (Å²) >= 11 is 0. The quantitative estimate of drug-likeness (QED) is 0.669. The predicted octanol–water partition coefficient (Wildman–Crippen LogP) is 4.15. The molecule has 0 saturated heterocycles. The van der Waals surface area contributed by atoms with Crippen LogP contribution < -0.4 is 15.4 Å². The highest BCUT2D eigenvalue weighted by Gasteiger charge is 2.25. The Morgan fingerprint density at radius 3 is 2.63 bits per heavy atom. The number of halogens is 1. The molecule has 4 rings (SSSR count). The largest absolute Gasteiger partial charge is 0.445 e. The minimum Gasteiger partial charge on any atom is -0.445 e. The molecule has 2 aliphatic rings. The summed E-state index contributed by atoms with van der Waals surface area (Å²) in [5, 5.41) is 16.1. The summed E-state index contributed by atoms with van der Waals surface area (Å²) in [6.07, 6.45) is 5.83. The van der Waals surface area contributed by atoms with Gasteiger partial charge in [-0.25, -0.2) is 4.39 Å². The van der Waals surface area contributed by atoms with Crippen molar-refractivity contribution < 1.29 is 14.2 Å². The van der Waals surface area contributed by atoms with Gasteiger partial charge in [0.15, 0.2) is 0 Å². The molecule has 2 aromatic carbocycles. The summed E-state index contributed by atoms with van der Waals surface area (Å²) in [7, 11) is 0. The molecule has 1 fully saturated rings. The summed E-state index contributed by atoms with van der Waals surface area (Å²) < 4.78 is 18.3. The van der Waals surface area contributed by atoms with Crippen LogP contribution in [0.1, 0.15) is 49.1 Å².